The zero-order chi connectivity index (χ0) is 11.1. The van der Waals surface area contributed by atoms with Crippen molar-refractivity contribution >= 4 is 0 Å². The molecule has 15 heavy (non-hydrogen) atoms. The summed E-state index contributed by atoms with van der Waals surface area (Å²) in [5.74, 6) is 0.696. The minimum absolute atomic E-state index is 0.326. The first-order valence-electron chi connectivity index (χ1n) is 4.51. The summed E-state index contributed by atoms with van der Waals surface area (Å²) in [6, 6.07) is 8.92. The number of rotatable bonds is 4. The van der Waals surface area contributed by atoms with Crippen molar-refractivity contribution in [1.82, 2.24) is 5.32 Å². The van der Waals surface area contributed by atoms with Gasteiger partial charge in [0.15, 0.2) is 0 Å². The molecule has 1 aromatic carbocycles. The van der Waals surface area contributed by atoms with Crippen LogP contribution >= 0.6 is 0 Å². The van der Waals surface area contributed by atoms with Crippen LogP contribution < -0.4 is 15.8 Å². The lowest BCUT2D eigenvalue weighted by atomic mass is 10.2. The van der Waals surface area contributed by atoms with Crippen molar-refractivity contribution < 1.29 is 4.74 Å². The number of hydrogen-bond donors (Lipinski definition) is 2. The highest BCUT2D eigenvalue weighted by molar-refractivity contribution is 5.34. The highest BCUT2D eigenvalue weighted by Gasteiger charge is 1.95. The summed E-state index contributed by atoms with van der Waals surface area (Å²) >= 11 is 0. The number of nitrogens with one attached hydrogen (secondary N) is 1. The van der Waals surface area contributed by atoms with Crippen molar-refractivity contribution in [1.29, 1.82) is 5.26 Å². The molecule has 0 aliphatic carbocycles. The Bertz CT molecular complexity index is 376. The van der Waals surface area contributed by atoms with E-state index in [-0.39, 0.29) is 0 Å². The van der Waals surface area contributed by atoms with Gasteiger partial charge in [0.1, 0.15) is 12.4 Å². The van der Waals surface area contributed by atoms with Gasteiger partial charge in [-0.1, -0.05) is 0 Å². The minimum atomic E-state index is 0.326. The standard InChI is InChI=1S/C11H13N3O/c1-14-7-10(13)8-15-11-4-2-9(6-12)3-5-11/h2-5,7,14H,8,13H2,1H3/b10-7-. The van der Waals surface area contributed by atoms with Crippen LogP contribution in [-0.4, -0.2) is 13.7 Å². The summed E-state index contributed by atoms with van der Waals surface area (Å²) in [4.78, 5) is 0. The van der Waals surface area contributed by atoms with E-state index in [1.807, 2.05) is 6.07 Å². The predicted octanol–water partition coefficient (Wildman–Crippen LogP) is 0.957. The average molecular weight is 203 g/mol. The van der Waals surface area contributed by atoms with Crippen LogP contribution in [0.3, 0.4) is 0 Å². The van der Waals surface area contributed by atoms with E-state index in [9.17, 15) is 0 Å². The number of nitriles is 1. The molecule has 0 bridgehead atoms. The molecule has 4 nitrogen and oxygen atoms in total. The molecule has 0 aliphatic rings. The van der Waals surface area contributed by atoms with E-state index < -0.39 is 0 Å². The Labute approximate surface area is 89.0 Å². The fourth-order valence-corrected chi connectivity index (χ4v) is 1.02. The van der Waals surface area contributed by atoms with Crippen LogP contribution in [0.5, 0.6) is 5.75 Å². The number of nitrogens with zero attached hydrogens (tertiary/aromatic N) is 1. The monoisotopic (exact) mass is 203 g/mol. The molecule has 0 saturated carbocycles. The van der Waals surface area contributed by atoms with Crippen molar-refractivity contribution in [2.45, 2.75) is 0 Å². The number of hydrogen-bond acceptors (Lipinski definition) is 4. The van der Waals surface area contributed by atoms with Crippen LogP contribution in [0.1, 0.15) is 5.56 Å². The largest absolute Gasteiger partial charge is 0.487 e. The molecule has 0 atom stereocenters. The third-order valence-electron chi connectivity index (χ3n) is 1.72. The summed E-state index contributed by atoms with van der Waals surface area (Å²) in [7, 11) is 1.77. The van der Waals surface area contributed by atoms with E-state index in [1.165, 1.54) is 0 Å². The molecular formula is C11H13N3O. The smallest absolute Gasteiger partial charge is 0.129 e. The number of benzene rings is 1. The van der Waals surface area contributed by atoms with Gasteiger partial charge in [0.2, 0.25) is 0 Å². The second kappa shape index (κ2) is 5.55. The third-order valence-corrected chi connectivity index (χ3v) is 1.72. The van der Waals surface area contributed by atoms with Gasteiger partial charge in [0, 0.05) is 13.2 Å². The second-order valence-corrected chi connectivity index (χ2v) is 2.93. The van der Waals surface area contributed by atoms with E-state index in [0.29, 0.717) is 23.6 Å². The average Bonchev–Trinajstić information content (AvgIpc) is 2.27. The number of nitrogens with two attached hydrogens (primary N) is 1. The summed E-state index contributed by atoms with van der Waals surface area (Å²) < 4.78 is 5.38. The maximum atomic E-state index is 8.59. The predicted molar refractivity (Wildman–Crippen MR) is 58.0 cm³/mol. The normalized spacial score (nSPS) is 10.5. The third kappa shape index (κ3) is 3.61. The molecule has 0 unspecified atom stereocenters. The molecule has 0 aromatic heterocycles. The number of ether oxygens (including phenoxy) is 1. The SMILES string of the molecule is CN/C=C(\N)COc1ccc(C#N)cc1. The Morgan fingerprint density at radius 2 is 2.20 bits per heavy atom. The molecule has 78 valence electrons. The van der Waals surface area contributed by atoms with Crippen molar-refractivity contribution in [2.24, 2.45) is 5.73 Å². The zero-order valence-corrected chi connectivity index (χ0v) is 8.53. The van der Waals surface area contributed by atoms with E-state index in [4.69, 9.17) is 15.7 Å². The van der Waals surface area contributed by atoms with Crippen molar-refractivity contribution in [3.63, 3.8) is 0 Å². The molecular weight excluding hydrogens is 190 g/mol. The molecule has 0 saturated heterocycles. The fraction of sp³-hybridized carbons (Fsp3) is 0.182. The first-order valence-corrected chi connectivity index (χ1v) is 4.51. The van der Waals surface area contributed by atoms with Crippen LogP contribution in [-0.2, 0) is 0 Å². The van der Waals surface area contributed by atoms with E-state index in [2.05, 4.69) is 5.32 Å². The Morgan fingerprint density at radius 1 is 1.53 bits per heavy atom. The van der Waals surface area contributed by atoms with Crippen LogP contribution in [0.2, 0.25) is 0 Å². The molecule has 0 radical (unpaired) electrons. The van der Waals surface area contributed by atoms with Gasteiger partial charge in [0.25, 0.3) is 0 Å². The zero-order valence-electron chi connectivity index (χ0n) is 8.53. The molecule has 1 aromatic rings. The van der Waals surface area contributed by atoms with Gasteiger partial charge in [-0.2, -0.15) is 5.26 Å². The molecule has 0 spiro atoms. The molecule has 0 aliphatic heterocycles. The van der Waals surface area contributed by atoms with Gasteiger partial charge >= 0.3 is 0 Å². The van der Waals surface area contributed by atoms with Gasteiger partial charge in [-0.3, -0.25) is 0 Å². The van der Waals surface area contributed by atoms with Crippen LogP contribution in [0.4, 0.5) is 0 Å². The van der Waals surface area contributed by atoms with Crippen molar-refractivity contribution in [3.8, 4) is 11.8 Å². The van der Waals surface area contributed by atoms with Gasteiger partial charge in [-0.25, -0.2) is 0 Å². The quantitative estimate of drug-likeness (QED) is 0.764. The summed E-state index contributed by atoms with van der Waals surface area (Å²) in [5, 5.41) is 11.4. The Morgan fingerprint density at radius 3 is 2.73 bits per heavy atom. The minimum Gasteiger partial charge on any atom is -0.487 e. The lowest BCUT2D eigenvalue weighted by molar-refractivity contribution is 0.350. The molecule has 0 amide bonds. The van der Waals surface area contributed by atoms with E-state index >= 15 is 0 Å². The summed E-state index contributed by atoms with van der Waals surface area (Å²) in [6.45, 7) is 0.326. The Kier molecular flexibility index (Phi) is 4.05. The first-order chi connectivity index (χ1) is 7.26. The fourth-order valence-electron chi connectivity index (χ4n) is 1.02. The van der Waals surface area contributed by atoms with Crippen LogP contribution in [0.15, 0.2) is 36.2 Å². The lowest BCUT2D eigenvalue weighted by Gasteiger charge is -2.05. The highest BCUT2D eigenvalue weighted by Crippen LogP contribution is 2.11. The Balaban J connectivity index is 2.52. The highest BCUT2D eigenvalue weighted by atomic mass is 16.5. The topological polar surface area (TPSA) is 71.1 Å². The molecule has 0 fully saturated rings. The summed E-state index contributed by atoms with van der Waals surface area (Å²) in [6.07, 6.45) is 1.67. The molecule has 4 heteroatoms. The second-order valence-electron chi connectivity index (χ2n) is 2.93. The van der Waals surface area contributed by atoms with Crippen LogP contribution in [0, 0.1) is 11.3 Å². The van der Waals surface area contributed by atoms with Crippen LogP contribution in [0.25, 0.3) is 0 Å². The van der Waals surface area contributed by atoms with Crippen molar-refractivity contribution in [3.05, 3.63) is 41.7 Å². The maximum absolute atomic E-state index is 8.59. The lowest BCUT2D eigenvalue weighted by Crippen LogP contribution is -2.12. The Hall–Kier alpha value is -2.15. The molecule has 3 N–H and O–H groups in total. The van der Waals surface area contributed by atoms with E-state index in [0.717, 1.165) is 0 Å². The van der Waals surface area contributed by atoms with Gasteiger partial charge in [-0.05, 0) is 24.3 Å². The van der Waals surface area contributed by atoms with Gasteiger partial charge < -0.3 is 15.8 Å². The summed E-state index contributed by atoms with van der Waals surface area (Å²) in [5.41, 5.74) is 6.83. The first kappa shape index (κ1) is 10.9. The van der Waals surface area contributed by atoms with Gasteiger partial charge in [-0.15, -0.1) is 0 Å². The maximum Gasteiger partial charge on any atom is 0.129 e. The van der Waals surface area contributed by atoms with E-state index in [1.54, 1.807) is 37.5 Å². The van der Waals surface area contributed by atoms with Gasteiger partial charge in [0.05, 0.1) is 17.3 Å². The van der Waals surface area contributed by atoms with Crippen molar-refractivity contribution in [2.75, 3.05) is 13.7 Å². The molecule has 0 heterocycles. The molecule has 1 rings (SSSR count).